The first kappa shape index (κ1) is 10.8. The van der Waals surface area contributed by atoms with Gasteiger partial charge in [0.2, 0.25) is 0 Å². The van der Waals surface area contributed by atoms with Crippen LogP contribution >= 0.6 is 0 Å². The van der Waals surface area contributed by atoms with Crippen molar-refractivity contribution in [3.63, 3.8) is 0 Å². The number of aryl methyl sites for hydroxylation is 2. The number of hydrogen-bond acceptors (Lipinski definition) is 3. The van der Waals surface area contributed by atoms with Crippen molar-refractivity contribution in [2.24, 2.45) is 5.11 Å². The van der Waals surface area contributed by atoms with E-state index < -0.39 is 0 Å². The summed E-state index contributed by atoms with van der Waals surface area (Å²) in [5.41, 5.74) is 8.09. The average molecular weight is 222 g/mol. The zero-order valence-electron chi connectivity index (χ0n) is 9.04. The summed E-state index contributed by atoms with van der Waals surface area (Å²) >= 11 is 0. The van der Waals surface area contributed by atoms with Gasteiger partial charge in [-0.25, -0.2) is 9.48 Å². The number of hydrogen-bond donors (Lipinski definition) is 0. The summed E-state index contributed by atoms with van der Waals surface area (Å²) in [5.74, 6) is 0.889. The molecule has 16 heavy (non-hydrogen) atoms. The fraction of sp³-hybridized carbons (Fsp3) is 0.778. The fourth-order valence-corrected chi connectivity index (χ4v) is 1.93. The molecule has 1 aromatic rings. The molecule has 1 aliphatic rings. The highest BCUT2D eigenvalue weighted by Crippen LogP contribution is 2.09. The van der Waals surface area contributed by atoms with E-state index in [0.717, 1.165) is 31.6 Å². The Balaban J connectivity index is 2.07. The van der Waals surface area contributed by atoms with E-state index in [1.807, 2.05) is 0 Å². The lowest BCUT2D eigenvalue weighted by atomic mass is 10.2. The molecule has 0 N–H and O–H groups in total. The second-order valence-electron chi connectivity index (χ2n) is 3.84. The predicted octanol–water partition coefficient (Wildman–Crippen LogP) is 1.08. The number of nitrogens with zero attached hydrogens (tertiary/aromatic N) is 6. The fourth-order valence-electron chi connectivity index (χ4n) is 1.93. The topological polar surface area (TPSA) is 88.6 Å². The quantitative estimate of drug-likeness (QED) is 0.330. The SMILES string of the molecule is [N-]=[N+]=NCCCn1nc2n(c1=O)CCCC2. The summed E-state index contributed by atoms with van der Waals surface area (Å²) in [4.78, 5) is 14.5. The van der Waals surface area contributed by atoms with E-state index in [9.17, 15) is 4.79 Å². The summed E-state index contributed by atoms with van der Waals surface area (Å²) in [6, 6.07) is 0. The highest BCUT2D eigenvalue weighted by Gasteiger charge is 2.15. The van der Waals surface area contributed by atoms with E-state index in [0.29, 0.717) is 19.5 Å². The third-order valence-electron chi connectivity index (χ3n) is 2.72. The molecule has 0 radical (unpaired) electrons. The van der Waals surface area contributed by atoms with Gasteiger partial charge in [0, 0.05) is 31.0 Å². The van der Waals surface area contributed by atoms with Gasteiger partial charge in [-0.3, -0.25) is 4.57 Å². The first-order valence-electron chi connectivity index (χ1n) is 5.50. The summed E-state index contributed by atoms with van der Waals surface area (Å²) in [6.07, 6.45) is 3.70. The number of aromatic nitrogens is 3. The average Bonchev–Trinajstić information content (AvgIpc) is 2.63. The molecule has 0 spiro atoms. The van der Waals surface area contributed by atoms with Gasteiger partial charge in [0.05, 0.1) is 0 Å². The zero-order valence-corrected chi connectivity index (χ0v) is 9.04. The molecule has 1 aliphatic heterocycles. The molecule has 0 aliphatic carbocycles. The van der Waals surface area contributed by atoms with Gasteiger partial charge in [-0.15, -0.1) is 0 Å². The summed E-state index contributed by atoms with van der Waals surface area (Å²) in [6.45, 7) is 1.72. The summed E-state index contributed by atoms with van der Waals surface area (Å²) in [5, 5.41) is 7.71. The molecule has 0 fully saturated rings. The van der Waals surface area contributed by atoms with Crippen molar-refractivity contribution in [1.29, 1.82) is 0 Å². The normalized spacial score (nSPS) is 14.2. The van der Waals surface area contributed by atoms with Crippen LogP contribution in [0.1, 0.15) is 25.1 Å². The molecular weight excluding hydrogens is 208 g/mol. The third-order valence-corrected chi connectivity index (χ3v) is 2.72. The van der Waals surface area contributed by atoms with Crippen molar-refractivity contribution in [2.75, 3.05) is 6.54 Å². The predicted molar refractivity (Wildman–Crippen MR) is 58.1 cm³/mol. The lowest BCUT2D eigenvalue weighted by Gasteiger charge is -2.09. The Morgan fingerprint density at radius 2 is 2.38 bits per heavy atom. The molecule has 2 rings (SSSR count). The molecule has 0 saturated carbocycles. The lowest BCUT2D eigenvalue weighted by Crippen LogP contribution is -2.27. The maximum atomic E-state index is 11.8. The number of rotatable bonds is 4. The van der Waals surface area contributed by atoms with Crippen LogP contribution in [0.2, 0.25) is 0 Å². The van der Waals surface area contributed by atoms with Gasteiger partial charge < -0.3 is 0 Å². The molecule has 0 bridgehead atoms. The summed E-state index contributed by atoms with van der Waals surface area (Å²) in [7, 11) is 0. The molecule has 2 heterocycles. The van der Waals surface area contributed by atoms with Gasteiger partial charge in [-0.1, -0.05) is 5.11 Å². The lowest BCUT2D eigenvalue weighted by molar-refractivity contribution is 0.509. The van der Waals surface area contributed by atoms with Crippen LogP contribution in [0, 0.1) is 0 Å². The van der Waals surface area contributed by atoms with Crippen LogP contribution in [-0.2, 0) is 19.5 Å². The van der Waals surface area contributed by atoms with E-state index >= 15 is 0 Å². The molecule has 0 amide bonds. The van der Waals surface area contributed by atoms with E-state index in [4.69, 9.17) is 5.53 Å². The van der Waals surface area contributed by atoms with Crippen molar-refractivity contribution in [1.82, 2.24) is 14.3 Å². The van der Waals surface area contributed by atoms with Crippen LogP contribution < -0.4 is 5.69 Å². The third kappa shape index (κ3) is 2.09. The Morgan fingerprint density at radius 1 is 1.50 bits per heavy atom. The molecular formula is C9H14N6O. The van der Waals surface area contributed by atoms with Gasteiger partial charge in [-0.05, 0) is 24.8 Å². The number of azide groups is 1. The second-order valence-corrected chi connectivity index (χ2v) is 3.84. The Labute approximate surface area is 92.3 Å². The van der Waals surface area contributed by atoms with E-state index in [1.165, 1.54) is 4.68 Å². The van der Waals surface area contributed by atoms with Crippen LogP contribution in [0.4, 0.5) is 0 Å². The molecule has 7 nitrogen and oxygen atoms in total. The largest absolute Gasteiger partial charge is 0.345 e. The Bertz CT molecular complexity index is 467. The van der Waals surface area contributed by atoms with E-state index in [-0.39, 0.29) is 5.69 Å². The first-order valence-corrected chi connectivity index (χ1v) is 5.50. The van der Waals surface area contributed by atoms with Gasteiger partial charge in [0.1, 0.15) is 5.82 Å². The van der Waals surface area contributed by atoms with Crippen molar-refractivity contribution < 1.29 is 0 Å². The van der Waals surface area contributed by atoms with Crippen molar-refractivity contribution >= 4 is 0 Å². The minimum atomic E-state index is -0.0318. The maximum Gasteiger partial charge on any atom is 0.345 e. The first-order chi connectivity index (χ1) is 7.83. The Morgan fingerprint density at radius 3 is 3.12 bits per heavy atom. The standard InChI is InChI=1S/C9H14N6O/c10-13-11-5-3-7-15-9(16)14-6-2-1-4-8(14)12-15/h1-7H2. The van der Waals surface area contributed by atoms with E-state index in [2.05, 4.69) is 15.1 Å². The molecule has 86 valence electrons. The molecule has 0 aromatic carbocycles. The monoisotopic (exact) mass is 222 g/mol. The van der Waals surface area contributed by atoms with Crippen LogP contribution in [0.5, 0.6) is 0 Å². The Kier molecular flexibility index (Phi) is 3.26. The van der Waals surface area contributed by atoms with Crippen molar-refractivity contribution in [2.45, 2.75) is 38.8 Å². The highest BCUT2D eigenvalue weighted by atomic mass is 16.2. The molecule has 0 atom stereocenters. The van der Waals surface area contributed by atoms with Crippen LogP contribution in [0.25, 0.3) is 10.4 Å². The van der Waals surface area contributed by atoms with Crippen molar-refractivity contribution in [3.8, 4) is 0 Å². The van der Waals surface area contributed by atoms with Crippen LogP contribution in [-0.4, -0.2) is 20.9 Å². The highest BCUT2D eigenvalue weighted by molar-refractivity contribution is 4.91. The van der Waals surface area contributed by atoms with E-state index in [1.54, 1.807) is 4.57 Å². The van der Waals surface area contributed by atoms with Gasteiger partial charge in [0.15, 0.2) is 0 Å². The molecule has 7 heteroatoms. The Hall–Kier alpha value is -1.75. The molecule has 0 unspecified atom stereocenters. The van der Waals surface area contributed by atoms with Crippen LogP contribution in [0.15, 0.2) is 9.91 Å². The van der Waals surface area contributed by atoms with Crippen molar-refractivity contribution in [3.05, 3.63) is 26.8 Å². The van der Waals surface area contributed by atoms with Gasteiger partial charge in [-0.2, -0.15) is 5.10 Å². The molecule has 1 aromatic heterocycles. The van der Waals surface area contributed by atoms with Gasteiger partial charge >= 0.3 is 5.69 Å². The van der Waals surface area contributed by atoms with Gasteiger partial charge in [0.25, 0.3) is 0 Å². The minimum Gasteiger partial charge on any atom is -0.279 e. The zero-order chi connectivity index (χ0) is 11.4. The number of fused-ring (bicyclic) bond motifs is 1. The molecule has 0 saturated heterocycles. The second kappa shape index (κ2) is 4.85. The smallest absolute Gasteiger partial charge is 0.279 e. The van der Waals surface area contributed by atoms with Crippen LogP contribution in [0.3, 0.4) is 0 Å². The minimum absolute atomic E-state index is 0.0318. The maximum absolute atomic E-state index is 11.8. The summed E-state index contributed by atoms with van der Waals surface area (Å²) < 4.78 is 3.23.